The highest BCUT2D eigenvalue weighted by molar-refractivity contribution is 6.06. The van der Waals surface area contributed by atoms with Gasteiger partial charge >= 0.3 is 0 Å². The Morgan fingerprint density at radius 1 is 1.22 bits per heavy atom. The maximum absolute atomic E-state index is 12.9. The fraction of sp³-hybridized carbons (Fsp3) is 0.440. The van der Waals surface area contributed by atoms with E-state index in [0.717, 1.165) is 59.7 Å². The molecule has 0 saturated carbocycles. The number of aromatic nitrogens is 3. The number of likely N-dealkylation sites (tertiary alicyclic amines) is 1. The van der Waals surface area contributed by atoms with Crippen LogP contribution in [0.25, 0.3) is 10.9 Å². The Kier molecular flexibility index (Phi) is 6.65. The maximum atomic E-state index is 12.9. The number of para-hydroxylation sites is 1. The van der Waals surface area contributed by atoms with Gasteiger partial charge in [-0.25, -0.2) is 9.97 Å². The number of hydrogen-bond acceptors (Lipinski definition) is 6. The molecule has 1 amide bonds. The summed E-state index contributed by atoms with van der Waals surface area (Å²) in [6, 6.07) is 9.92. The van der Waals surface area contributed by atoms with E-state index < -0.39 is 0 Å². The normalized spacial score (nSPS) is 16.6. The molecular formula is C25H32N6O. The van der Waals surface area contributed by atoms with E-state index in [-0.39, 0.29) is 5.91 Å². The summed E-state index contributed by atoms with van der Waals surface area (Å²) in [6.07, 6.45) is 4.83. The Balaban J connectivity index is 1.51. The van der Waals surface area contributed by atoms with Gasteiger partial charge in [-0.2, -0.15) is 0 Å². The number of benzene rings is 1. The van der Waals surface area contributed by atoms with E-state index in [0.29, 0.717) is 18.4 Å². The van der Waals surface area contributed by atoms with Crippen LogP contribution in [0.4, 0.5) is 5.95 Å². The van der Waals surface area contributed by atoms with Crippen molar-refractivity contribution in [2.75, 3.05) is 38.6 Å². The second-order valence-electron chi connectivity index (χ2n) is 9.22. The SMILES string of the molecule is CC(C)CNC(=O)c1cc(C2CCN(Cc3cnc(N(C)C)nc3)C2)nc2ccccc12. The zero-order chi connectivity index (χ0) is 22.7. The van der Waals surface area contributed by atoms with Gasteiger partial charge in [0.1, 0.15) is 0 Å². The molecule has 0 bridgehead atoms. The molecule has 0 aliphatic carbocycles. The summed E-state index contributed by atoms with van der Waals surface area (Å²) < 4.78 is 0. The van der Waals surface area contributed by atoms with Crippen LogP contribution in [-0.2, 0) is 6.54 Å². The summed E-state index contributed by atoms with van der Waals surface area (Å²) in [5, 5.41) is 3.98. The van der Waals surface area contributed by atoms with E-state index in [1.54, 1.807) is 0 Å². The number of nitrogens with zero attached hydrogens (tertiary/aromatic N) is 5. The highest BCUT2D eigenvalue weighted by Gasteiger charge is 2.26. The fourth-order valence-electron chi connectivity index (χ4n) is 4.12. The molecule has 1 aliphatic rings. The first-order valence-corrected chi connectivity index (χ1v) is 11.3. The predicted molar refractivity (Wildman–Crippen MR) is 128 cm³/mol. The number of carbonyl (C=O) groups excluding carboxylic acids is 1. The number of carbonyl (C=O) groups is 1. The third-order valence-corrected chi connectivity index (χ3v) is 5.84. The van der Waals surface area contributed by atoms with Gasteiger partial charge in [0.05, 0.1) is 11.1 Å². The Morgan fingerprint density at radius 2 is 1.97 bits per heavy atom. The largest absolute Gasteiger partial charge is 0.352 e. The molecular weight excluding hydrogens is 400 g/mol. The van der Waals surface area contributed by atoms with Crippen molar-refractivity contribution in [1.82, 2.24) is 25.2 Å². The first-order chi connectivity index (χ1) is 15.4. The van der Waals surface area contributed by atoms with Gasteiger partial charge in [-0.15, -0.1) is 0 Å². The van der Waals surface area contributed by atoms with Crippen molar-refractivity contribution in [1.29, 1.82) is 0 Å². The lowest BCUT2D eigenvalue weighted by atomic mass is 9.99. The van der Waals surface area contributed by atoms with E-state index >= 15 is 0 Å². The minimum Gasteiger partial charge on any atom is -0.352 e. The molecule has 1 N–H and O–H groups in total. The van der Waals surface area contributed by atoms with Gasteiger partial charge in [0.2, 0.25) is 5.95 Å². The number of pyridine rings is 1. The molecule has 3 aromatic rings. The summed E-state index contributed by atoms with van der Waals surface area (Å²) in [7, 11) is 3.88. The Morgan fingerprint density at radius 3 is 2.69 bits per heavy atom. The van der Waals surface area contributed by atoms with Crippen LogP contribution in [-0.4, -0.2) is 59.5 Å². The molecule has 1 unspecified atom stereocenters. The molecule has 1 aliphatic heterocycles. The smallest absolute Gasteiger partial charge is 0.252 e. The van der Waals surface area contributed by atoms with Crippen molar-refractivity contribution in [2.24, 2.45) is 5.92 Å². The molecule has 1 atom stereocenters. The molecule has 1 aromatic carbocycles. The van der Waals surface area contributed by atoms with Crippen molar-refractivity contribution >= 4 is 22.8 Å². The number of anilines is 1. The van der Waals surface area contributed by atoms with Gasteiger partial charge in [0.15, 0.2) is 0 Å². The average Bonchev–Trinajstić information content (AvgIpc) is 3.25. The summed E-state index contributed by atoms with van der Waals surface area (Å²) >= 11 is 0. The predicted octanol–water partition coefficient (Wildman–Crippen LogP) is 3.47. The zero-order valence-electron chi connectivity index (χ0n) is 19.4. The van der Waals surface area contributed by atoms with Crippen LogP contribution < -0.4 is 10.2 Å². The van der Waals surface area contributed by atoms with E-state index in [9.17, 15) is 4.79 Å². The van der Waals surface area contributed by atoms with Crippen molar-refractivity contribution < 1.29 is 4.79 Å². The van der Waals surface area contributed by atoms with Gasteiger partial charge < -0.3 is 10.2 Å². The molecule has 168 valence electrons. The molecule has 2 aromatic heterocycles. The summed E-state index contributed by atoms with van der Waals surface area (Å²) in [5.74, 6) is 1.41. The van der Waals surface area contributed by atoms with Crippen LogP contribution in [0.5, 0.6) is 0 Å². The standard InChI is InChI=1S/C25H32N6O/c1-17(2)12-26-24(32)21-11-23(29-22-8-6-5-7-20(21)22)19-9-10-31(16-19)15-18-13-27-25(28-14-18)30(3)4/h5-8,11,13-14,17,19H,9-10,12,15-16H2,1-4H3,(H,26,32). The van der Waals surface area contributed by atoms with Crippen molar-refractivity contribution in [3.63, 3.8) is 0 Å². The highest BCUT2D eigenvalue weighted by Crippen LogP contribution is 2.30. The average molecular weight is 433 g/mol. The topological polar surface area (TPSA) is 74.2 Å². The summed E-state index contributed by atoms with van der Waals surface area (Å²) in [6.45, 7) is 7.58. The van der Waals surface area contributed by atoms with Gasteiger partial charge in [-0.3, -0.25) is 14.7 Å². The maximum Gasteiger partial charge on any atom is 0.252 e. The van der Waals surface area contributed by atoms with Crippen LogP contribution in [0.15, 0.2) is 42.7 Å². The van der Waals surface area contributed by atoms with Crippen LogP contribution in [0, 0.1) is 5.92 Å². The van der Waals surface area contributed by atoms with Crippen LogP contribution >= 0.6 is 0 Å². The lowest BCUT2D eigenvalue weighted by molar-refractivity contribution is 0.0950. The van der Waals surface area contributed by atoms with Crippen molar-refractivity contribution in [3.05, 3.63) is 59.5 Å². The molecule has 0 spiro atoms. The third kappa shape index (κ3) is 5.05. The van der Waals surface area contributed by atoms with Crippen molar-refractivity contribution in [3.8, 4) is 0 Å². The quantitative estimate of drug-likeness (QED) is 0.616. The molecule has 4 rings (SSSR count). The van der Waals surface area contributed by atoms with E-state index in [1.807, 2.05) is 61.7 Å². The minimum absolute atomic E-state index is 0.0217. The minimum atomic E-state index is -0.0217. The molecule has 7 nitrogen and oxygen atoms in total. The zero-order valence-corrected chi connectivity index (χ0v) is 19.4. The molecule has 0 radical (unpaired) electrons. The van der Waals surface area contributed by atoms with Gasteiger partial charge in [-0.05, 0) is 31.0 Å². The monoisotopic (exact) mass is 432 g/mol. The van der Waals surface area contributed by atoms with Crippen LogP contribution in [0.3, 0.4) is 0 Å². The summed E-state index contributed by atoms with van der Waals surface area (Å²) in [5.41, 5.74) is 3.71. The molecule has 1 saturated heterocycles. The molecule has 32 heavy (non-hydrogen) atoms. The van der Waals surface area contributed by atoms with Gasteiger partial charge in [0.25, 0.3) is 5.91 Å². The molecule has 3 heterocycles. The number of nitrogens with one attached hydrogen (secondary N) is 1. The fourth-order valence-corrected chi connectivity index (χ4v) is 4.12. The van der Waals surface area contributed by atoms with E-state index in [2.05, 4.69) is 34.0 Å². The molecule has 1 fully saturated rings. The Bertz CT molecular complexity index is 1080. The molecule has 7 heteroatoms. The number of fused-ring (bicyclic) bond motifs is 1. The number of hydrogen-bond donors (Lipinski definition) is 1. The number of rotatable bonds is 7. The third-order valence-electron chi connectivity index (χ3n) is 5.84. The van der Waals surface area contributed by atoms with Gasteiger partial charge in [-0.1, -0.05) is 32.0 Å². The highest BCUT2D eigenvalue weighted by atomic mass is 16.1. The Labute approximate surface area is 189 Å². The lowest BCUT2D eigenvalue weighted by Crippen LogP contribution is -2.28. The van der Waals surface area contributed by atoms with Crippen LogP contribution in [0.1, 0.15) is 47.8 Å². The first-order valence-electron chi connectivity index (χ1n) is 11.3. The first kappa shape index (κ1) is 22.1. The Hall–Kier alpha value is -3.06. The van der Waals surface area contributed by atoms with Crippen LogP contribution in [0.2, 0.25) is 0 Å². The van der Waals surface area contributed by atoms with E-state index in [4.69, 9.17) is 4.98 Å². The van der Waals surface area contributed by atoms with Gasteiger partial charge in [0, 0.05) is 68.7 Å². The number of amides is 1. The van der Waals surface area contributed by atoms with Crippen molar-refractivity contribution in [2.45, 2.75) is 32.7 Å². The second-order valence-corrected chi connectivity index (χ2v) is 9.22. The lowest BCUT2D eigenvalue weighted by Gasteiger charge is -2.17. The second kappa shape index (κ2) is 9.61. The summed E-state index contributed by atoms with van der Waals surface area (Å²) in [4.78, 5) is 31.0. The van der Waals surface area contributed by atoms with E-state index in [1.165, 1.54) is 0 Å².